The van der Waals surface area contributed by atoms with Gasteiger partial charge in [0.1, 0.15) is 12.3 Å². The molecule has 26 heavy (non-hydrogen) atoms. The van der Waals surface area contributed by atoms with Gasteiger partial charge < -0.3 is 19.8 Å². The lowest BCUT2D eigenvalue weighted by Gasteiger charge is -2.13. The zero-order valence-corrected chi connectivity index (χ0v) is 15.3. The molecule has 0 bridgehead atoms. The van der Waals surface area contributed by atoms with Crippen LogP contribution in [0.5, 0.6) is 0 Å². The minimum atomic E-state index is -1.02. The molecule has 1 aromatic carbocycles. The van der Waals surface area contributed by atoms with Gasteiger partial charge in [0.05, 0.1) is 23.4 Å². The number of esters is 1. The molecule has 0 saturated heterocycles. The molecule has 0 aliphatic carbocycles. The normalized spacial score (nSPS) is 11.5. The third-order valence-corrected chi connectivity index (χ3v) is 3.81. The van der Waals surface area contributed by atoms with Crippen LogP contribution in [-0.2, 0) is 20.9 Å². The quantitative estimate of drug-likeness (QED) is 0.698. The maximum atomic E-state index is 12.0. The van der Waals surface area contributed by atoms with Crippen molar-refractivity contribution in [2.75, 3.05) is 6.54 Å². The van der Waals surface area contributed by atoms with Crippen LogP contribution in [0, 0.1) is 0 Å². The van der Waals surface area contributed by atoms with Gasteiger partial charge in [-0.15, -0.1) is 0 Å². The average molecular weight is 399 g/mol. The third-order valence-electron chi connectivity index (χ3n) is 3.26. The van der Waals surface area contributed by atoms with Crippen molar-refractivity contribution in [3.05, 3.63) is 58.0 Å². The number of ether oxygens (including phenoxy) is 1. The summed E-state index contributed by atoms with van der Waals surface area (Å²) < 4.78 is 10.0. The topological polar surface area (TPSA) is 97.6 Å². The molecule has 0 radical (unpaired) electrons. The molecule has 2 aromatic rings. The standard InChI is InChI=1S/C17H16Cl2N2O5/c1-10(16(23)20-8-12-3-2-6-25-12)26-15(22)9-21-17(24)13-5-4-11(18)7-14(13)19/h2-7,10H,8-9H2,1H3,(H,20,23)(H,21,24)/t10-/m1/s1. The Labute approximate surface area is 159 Å². The van der Waals surface area contributed by atoms with Crippen molar-refractivity contribution >= 4 is 41.0 Å². The molecule has 2 rings (SSSR count). The Morgan fingerprint density at radius 3 is 2.62 bits per heavy atom. The second-order valence-corrected chi connectivity index (χ2v) is 6.08. The molecule has 0 unspecified atom stereocenters. The zero-order chi connectivity index (χ0) is 19.1. The van der Waals surface area contributed by atoms with Crippen molar-refractivity contribution in [3.63, 3.8) is 0 Å². The highest BCUT2D eigenvalue weighted by atomic mass is 35.5. The second-order valence-electron chi connectivity index (χ2n) is 5.24. The summed E-state index contributed by atoms with van der Waals surface area (Å²) in [5.41, 5.74) is 0.174. The van der Waals surface area contributed by atoms with E-state index in [9.17, 15) is 14.4 Å². The highest BCUT2D eigenvalue weighted by Crippen LogP contribution is 2.20. The first-order chi connectivity index (χ1) is 12.4. The first kappa shape index (κ1) is 19.8. The molecule has 1 heterocycles. The SMILES string of the molecule is C[C@@H](OC(=O)CNC(=O)c1ccc(Cl)cc1Cl)C(=O)NCc1ccco1. The van der Waals surface area contributed by atoms with Gasteiger partial charge in [-0.1, -0.05) is 23.2 Å². The number of nitrogens with one attached hydrogen (secondary N) is 2. The monoisotopic (exact) mass is 398 g/mol. The van der Waals surface area contributed by atoms with Crippen LogP contribution in [0.4, 0.5) is 0 Å². The molecule has 0 aliphatic heterocycles. The highest BCUT2D eigenvalue weighted by Gasteiger charge is 2.19. The number of rotatable bonds is 7. The molecular formula is C17H16Cl2N2O5. The van der Waals surface area contributed by atoms with Crippen molar-refractivity contribution in [3.8, 4) is 0 Å². The van der Waals surface area contributed by atoms with Gasteiger partial charge in [-0.2, -0.15) is 0 Å². The fraction of sp³-hybridized carbons (Fsp3) is 0.235. The van der Waals surface area contributed by atoms with E-state index in [4.69, 9.17) is 32.4 Å². The van der Waals surface area contributed by atoms with E-state index in [0.717, 1.165) is 0 Å². The van der Waals surface area contributed by atoms with Crippen molar-refractivity contribution in [1.82, 2.24) is 10.6 Å². The van der Waals surface area contributed by atoms with Crippen LogP contribution < -0.4 is 10.6 Å². The van der Waals surface area contributed by atoms with Crippen molar-refractivity contribution in [2.45, 2.75) is 19.6 Å². The minimum absolute atomic E-state index is 0.161. The smallest absolute Gasteiger partial charge is 0.326 e. The molecule has 0 saturated carbocycles. The van der Waals surface area contributed by atoms with E-state index >= 15 is 0 Å². The summed E-state index contributed by atoms with van der Waals surface area (Å²) in [4.78, 5) is 35.6. The van der Waals surface area contributed by atoms with Gasteiger partial charge in [-0.25, -0.2) is 0 Å². The maximum Gasteiger partial charge on any atom is 0.326 e. The van der Waals surface area contributed by atoms with Gasteiger partial charge in [0.15, 0.2) is 6.10 Å². The third kappa shape index (κ3) is 5.79. The summed E-state index contributed by atoms with van der Waals surface area (Å²) in [6.07, 6.45) is 0.467. The Kier molecular flexibility index (Phi) is 7.06. The lowest BCUT2D eigenvalue weighted by Crippen LogP contribution is -2.38. The van der Waals surface area contributed by atoms with Gasteiger partial charge in [0.25, 0.3) is 11.8 Å². The summed E-state index contributed by atoms with van der Waals surface area (Å²) in [5, 5.41) is 5.49. The highest BCUT2D eigenvalue weighted by molar-refractivity contribution is 6.36. The van der Waals surface area contributed by atoms with Gasteiger partial charge in [-0.05, 0) is 37.3 Å². The number of furan rings is 1. The summed E-state index contributed by atoms with van der Waals surface area (Å²) in [7, 11) is 0. The summed E-state index contributed by atoms with van der Waals surface area (Å²) >= 11 is 11.7. The largest absolute Gasteiger partial charge is 0.467 e. The van der Waals surface area contributed by atoms with E-state index in [1.807, 2.05) is 0 Å². The molecule has 7 nitrogen and oxygen atoms in total. The van der Waals surface area contributed by atoms with E-state index in [1.54, 1.807) is 12.1 Å². The molecule has 1 aromatic heterocycles. The van der Waals surface area contributed by atoms with Crippen LogP contribution in [0.15, 0.2) is 41.0 Å². The predicted octanol–water partition coefficient (Wildman–Crippen LogP) is 2.56. The molecule has 0 fully saturated rings. The van der Waals surface area contributed by atoms with Crippen molar-refractivity contribution < 1.29 is 23.5 Å². The Morgan fingerprint density at radius 1 is 1.19 bits per heavy atom. The van der Waals surface area contributed by atoms with Gasteiger partial charge >= 0.3 is 5.97 Å². The van der Waals surface area contributed by atoms with E-state index in [2.05, 4.69) is 10.6 Å². The van der Waals surface area contributed by atoms with Gasteiger partial charge in [0.2, 0.25) is 0 Å². The van der Waals surface area contributed by atoms with E-state index in [-0.39, 0.29) is 17.1 Å². The molecule has 2 N–H and O–H groups in total. The fourth-order valence-electron chi connectivity index (χ4n) is 1.94. The maximum absolute atomic E-state index is 12.0. The first-order valence-electron chi connectivity index (χ1n) is 7.59. The number of halogens is 2. The molecule has 2 amide bonds. The molecule has 0 spiro atoms. The van der Waals surface area contributed by atoms with Crippen LogP contribution in [0.25, 0.3) is 0 Å². The molecular weight excluding hydrogens is 383 g/mol. The van der Waals surface area contributed by atoms with Gasteiger partial charge in [-0.3, -0.25) is 14.4 Å². The van der Waals surface area contributed by atoms with Crippen molar-refractivity contribution in [2.24, 2.45) is 0 Å². The zero-order valence-electron chi connectivity index (χ0n) is 13.8. The number of benzene rings is 1. The average Bonchev–Trinajstić information content (AvgIpc) is 3.11. The van der Waals surface area contributed by atoms with Crippen LogP contribution in [0.3, 0.4) is 0 Å². The summed E-state index contributed by atoms with van der Waals surface area (Å²) in [5.74, 6) is -1.23. The van der Waals surface area contributed by atoms with Crippen LogP contribution >= 0.6 is 23.2 Å². The van der Waals surface area contributed by atoms with E-state index in [0.29, 0.717) is 10.8 Å². The number of hydrogen-bond acceptors (Lipinski definition) is 5. The Morgan fingerprint density at radius 2 is 1.96 bits per heavy atom. The second kappa shape index (κ2) is 9.26. The lowest BCUT2D eigenvalue weighted by atomic mass is 10.2. The molecule has 138 valence electrons. The van der Waals surface area contributed by atoms with E-state index in [1.165, 1.54) is 31.4 Å². The van der Waals surface area contributed by atoms with Crippen LogP contribution in [-0.4, -0.2) is 30.4 Å². The lowest BCUT2D eigenvalue weighted by molar-refractivity contribution is -0.153. The minimum Gasteiger partial charge on any atom is -0.467 e. The summed E-state index contributed by atoms with van der Waals surface area (Å²) in [6.45, 7) is 1.19. The number of carbonyl (C=O) groups excluding carboxylic acids is 3. The van der Waals surface area contributed by atoms with Crippen LogP contribution in [0.2, 0.25) is 10.0 Å². The van der Waals surface area contributed by atoms with Crippen molar-refractivity contribution in [1.29, 1.82) is 0 Å². The number of amides is 2. The number of carbonyl (C=O) groups is 3. The molecule has 0 aliphatic rings. The Balaban J connectivity index is 1.76. The summed E-state index contributed by atoms with van der Waals surface area (Å²) in [6, 6.07) is 7.76. The Hall–Kier alpha value is -2.51. The molecule has 1 atom stereocenters. The first-order valence-corrected chi connectivity index (χ1v) is 8.35. The fourth-order valence-corrected chi connectivity index (χ4v) is 2.44. The molecule has 9 heteroatoms. The van der Waals surface area contributed by atoms with Gasteiger partial charge in [0, 0.05) is 5.02 Å². The predicted molar refractivity (Wildman–Crippen MR) is 94.9 cm³/mol. The number of hydrogen-bond donors (Lipinski definition) is 2. The van der Waals surface area contributed by atoms with E-state index < -0.39 is 30.4 Å². The Bertz CT molecular complexity index is 792. The van der Waals surface area contributed by atoms with Crippen LogP contribution in [0.1, 0.15) is 23.0 Å².